The summed E-state index contributed by atoms with van der Waals surface area (Å²) in [6, 6.07) is 7.78. The third-order valence-corrected chi connectivity index (χ3v) is 4.80. The monoisotopic (exact) mass is 358 g/mol. The van der Waals surface area contributed by atoms with E-state index in [1.165, 1.54) is 4.68 Å². The van der Waals surface area contributed by atoms with Gasteiger partial charge in [-0.3, -0.25) is 24.4 Å². The molecule has 0 bridgehead atoms. The highest BCUT2D eigenvalue weighted by molar-refractivity contribution is 5.95. The van der Waals surface area contributed by atoms with Gasteiger partial charge in [0.25, 0.3) is 5.56 Å². The van der Waals surface area contributed by atoms with Gasteiger partial charge in [0.2, 0.25) is 5.91 Å². The van der Waals surface area contributed by atoms with Crippen molar-refractivity contribution in [1.82, 2.24) is 14.7 Å². The Kier molecular flexibility index (Phi) is 4.94. The Bertz CT molecular complexity index is 885. The van der Waals surface area contributed by atoms with Crippen molar-refractivity contribution in [2.24, 2.45) is 7.05 Å². The Morgan fingerprint density at radius 1 is 1.19 bits per heavy atom. The molecule has 0 unspecified atom stereocenters. The van der Waals surface area contributed by atoms with Gasteiger partial charge in [-0.2, -0.15) is 0 Å². The number of hydrogen-bond donors (Lipinski definition) is 3. The van der Waals surface area contributed by atoms with Crippen LogP contribution in [0, 0.1) is 6.92 Å². The molecule has 1 aliphatic heterocycles. The molecule has 8 nitrogen and oxygen atoms in total. The lowest BCUT2D eigenvalue weighted by molar-refractivity contribution is -0.140. The van der Waals surface area contributed by atoms with Crippen molar-refractivity contribution in [2.45, 2.75) is 38.3 Å². The second-order valence-corrected chi connectivity index (χ2v) is 6.47. The maximum Gasteiger partial charge on any atom is 0.320 e. The molecule has 2 atom stereocenters. The Labute approximate surface area is 150 Å². The number of piperidine rings is 1. The number of anilines is 1. The predicted octanol–water partition coefficient (Wildman–Crippen LogP) is 1.02. The molecule has 1 saturated heterocycles. The number of nitrogens with zero attached hydrogens (tertiary/aromatic N) is 2. The number of para-hydroxylation sites is 1. The molecule has 138 valence electrons. The quantitative estimate of drug-likeness (QED) is 0.757. The molecule has 0 spiro atoms. The molecule has 26 heavy (non-hydrogen) atoms. The highest BCUT2D eigenvalue weighted by Gasteiger charge is 2.31. The van der Waals surface area contributed by atoms with Crippen molar-refractivity contribution in [3.05, 3.63) is 46.4 Å². The summed E-state index contributed by atoms with van der Waals surface area (Å²) in [5.74, 6) is -1.35. The first kappa shape index (κ1) is 17.9. The van der Waals surface area contributed by atoms with Crippen molar-refractivity contribution in [1.29, 1.82) is 0 Å². The lowest BCUT2D eigenvalue weighted by Gasteiger charge is -2.27. The Morgan fingerprint density at radius 3 is 2.50 bits per heavy atom. The number of carbonyl (C=O) groups is 2. The molecule has 1 fully saturated rings. The Morgan fingerprint density at radius 2 is 1.85 bits per heavy atom. The van der Waals surface area contributed by atoms with Crippen LogP contribution in [0.1, 0.15) is 25.0 Å². The fourth-order valence-electron chi connectivity index (χ4n) is 3.26. The third kappa shape index (κ3) is 3.28. The van der Waals surface area contributed by atoms with Crippen LogP contribution in [0.5, 0.6) is 0 Å². The van der Waals surface area contributed by atoms with Gasteiger partial charge in [-0.05, 0) is 38.3 Å². The zero-order chi connectivity index (χ0) is 18.8. The van der Waals surface area contributed by atoms with Gasteiger partial charge < -0.3 is 10.4 Å². The summed E-state index contributed by atoms with van der Waals surface area (Å²) >= 11 is 0. The van der Waals surface area contributed by atoms with Gasteiger partial charge in [0.05, 0.1) is 17.4 Å². The van der Waals surface area contributed by atoms with Crippen molar-refractivity contribution in [3.8, 4) is 5.69 Å². The summed E-state index contributed by atoms with van der Waals surface area (Å²) in [4.78, 5) is 36.5. The zero-order valence-corrected chi connectivity index (χ0v) is 14.7. The third-order valence-electron chi connectivity index (χ3n) is 4.80. The van der Waals surface area contributed by atoms with Crippen LogP contribution in [-0.4, -0.2) is 38.4 Å². The Balaban J connectivity index is 1.86. The molecule has 1 aliphatic rings. The van der Waals surface area contributed by atoms with E-state index in [-0.39, 0.29) is 17.2 Å². The molecule has 0 saturated carbocycles. The lowest BCUT2D eigenvalue weighted by Crippen LogP contribution is -2.52. The summed E-state index contributed by atoms with van der Waals surface area (Å²) in [7, 11) is 1.75. The average molecular weight is 358 g/mol. The summed E-state index contributed by atoms with van der Waals surface area (Å²) in [6.07, 6.45) is 1.67. The summed E-state index contributed by atoms with van der Waals surface area (Å²) in [5, 5.41) is 14.7. The molecule has 0 aliphatic carbocycles. The van der Waals surface area contributed by atoms with Crippen LogP contribution in [0.15, 0.2) is 35.1 Å². The largest absolute Gasteiger partial charge is 0.480 e. The standard InChI is InChI=1S/C18H22N4O4/c1-11-15(17(24)22(21(11)2)12-7-4-3-5-8-12)20-16(23)13-9-6-10-14(19-13)18(25)26/h3-5,7-8,13-14,19H,6,9-10H2,1-2H3,(H,20,23)(H,25,26)/t13-,14+/m0/s1. The van der Waals surface area contributed by atoms with Crippen LogP contribution in [0.3, 0.4) is 0 Å². The van der Waals surface area contributed by atoms with Crippen LogP contribution in [-0.2, 0) is 16.6 Å². The molecule has 2 aromatic rings. The maximum atomic E-state index is 12.8. The topological polar surface area (TPSA) is 105 Å². The van der Waals surface area contributed by atoms with Crippen LogP contribution in [0.2, 0.25) is 0 Å². The molecule has 3 N–H and O–H groups in total. The van der Waals surface area contributed by atoms with Gasteiger partial charge in [-0.15, -0.1) is 0 Å². The molecule has 1 aromatic heterocycles. The SMILES string of the molecule is Cc1c(NC(=O)[C@@H]2CCC[C@H](C(=O)O)N2)c(=O)n(-c2ccccc2)n1C. The van der Waals surface area contributed by atoms with Crippen molar-refractivity contribution in [2.75, 3.05) is 5.32 Å². The predicted molar refractivity (Wildman–Crippen MR) is 96.6 cm³/mol. The van der Waals surface area contributed by atoms with Crippen molar-refractivity contribution < 1.29 is 14.7 Å². The summed E-state index contributed by atoms with van der Waals surface area (Å²) in [6.45, 7) is 1.75. The van der Waals surface area contributed by atoms with Crippen molar-refractivity contribution in [3.63, 3.8) is 0 Å². The number of amides is 1. The first-order chi connectivity index (χ1) is 12.4. The molecule has 2 heterocycles. The van der Waals surface area contributed by atoms with E-state index in [0.717, 1.165) is 0 Å². The molecular weight excluding hydrogens is 336 g/mol. The minimum Gasteiger partial charge on any atom is -0.480 e. The highest BCUT2D eigenvalue weighted by Crippen LogP contribution is 2.17. The number of carbonyl (C=O) groups excluding carboxylic acids is 1. The molecule has 1 amide bonds. The average Bonchev–Trinajstić information content (AvgIpc) is 2.86. The minimum absolute atomic E-state index is 0.209. The van der Waals surface area contributed by atoms with Crippen LogP contribution in [0.4, 0.5) is 5.69 Å². The fourth-order valence-corrected chi connectivity index (χ4v) is 3.26. The van der Waals surface area contributed by atoms with Crippen molar-refractivity contribution >= 4 is 17.6 Å². The number of rotatable bonds is 4. The molecule has 0 radical (unpaired) electrons. The van der Waals surface area contributed by atoms with E-state index in [4.69, 9.17) is 5.11 Å². The minimum atomic E-state index is -0.968. The zero-order valence-electron chi connectivity index (χ0n) is 14.7. The first-order valence-electron chi connectivity index (χ1n) is 8.54. The lowest BCUT2D eigenvalue weighted by atomic mass is 9.98. The number of carboxylic acid groups (broad SMARTS) is 1. The van der Waals surface area contributed by atoms with E-state index >= 15 is 0 Å². The van der Waals surface area contributed by atoms with E-state index in [0.29, 0.717) is 30.6 Å². The fraction of sp³-hybridized carbons (Fsp3) is 0.389. The number of hydrogen-bond acceptors (Lipinski definition) is 4. The maximum absolute atomic E-state index is 12.8. The molecule has 3 rings (SSSR count). The summed E-state index contributed by atoms with van der Waals surface area (Å²) < 4.78 is 3.17. The van der Waals surface area contributed by atoms with Crippen LogP contribution >= 0.6 is 0 Å². The van der Waals surface area contributed by atoms with Gasteiger partial charge in [0.1, 0.15) is 11.7 Å². The molecule has 8 heteroatoms. The van der Waals surface area contributed by atoms with Gasteiger partial charge in [-0.1, -0.05) is 18.2 Å². The number of nitrogens with one attached hydrogen (secondary N) is 2. The number of benzene rings is 1. The number of aliphatic carboxylic acids is 1. The smallest absolute Gasteiger partial charge is 0.320 e. The van der Waals surface area contributed by atoms with Gasteiger partial charge in [0, 0.05) is 7.05 Å². The molecular formula is C18H22N4O4. The summed E-state index contributed by atoms with van der Waals surface area (Å²) in [5.41, 5.74) is 1.21. The van der Waals surface area contributed by atoms with E-state index in [1.54, 1.807) is 18.7 Å². The van der Waals surface area contributed by atoms with Crippen LogP contribution in [0.25, 0.3) is 5.69 Å². The van der Waals surface area contributed by atoms with Gasteiger partial charge in [0.15, 0.2) is 0 Å². The van der Waals surface area contributed by atoms with E-state index in [1.807, 2.05) is 30.3 Å². The van der Waals surface area contributed by atoms with Gasteiger partial charge in [-0.25, -0.2) is 4.68 Å². The Hall–Kier alpha value is -2.87. The molecule has 1 aromatic carbocycles. The van der Waals surface area contributed by atoms with E-state index in [2.05, 4.69) is 10.6 Å². The first-order valence-corrected chi connectivity index (χ1v) is 8.54. The number of carboxylic acids is 1. The normalized spacial score (nSPS) is 19.9. The van der Waals surface area contributed by atoms with E-state index < -0.39 is 18.1 Å². The highest BCUT2D eigenvalue weighted by atomic mass is 16.4. The second kappa shape index (κ2) is 7.17. The van der Waals surface area contributed by atoms with Gasteiger partial charge >= 0.3 is 5.97 Å². The van der Waals surface area contributed by atoms with E-state index in [9.17, 15) is 14.4 Å². The second-order valence-electron chi connectivity index (χ2n) is 6.47. The van der Waals surface area contributed by atoms with Crippen LogP contribution < -0.4 is 16.2 Å². The number of aromatic nitrogens is 2.